The maximum absolute atomic E-state index is 12.0. The predicted molar refractivity (Wildman–Crippen MR) is 70.8 cm³/mol. The Labute approximate surface area is 115 Å². The molecule has 108 valence electrons. The number of rotatable bonds is 4. The number of anilines is 1. The van der Waals surface area contributed by atoms with E-state index in [0.717, 1.165) is 17.4 Å². The summed E-state index contributed by atoms with van der Waals surface area (Å²) < 4.78 is 8.08. The van der Waals surface area contributed by atoms with E-state index in [-0.39, 0.29) is 0 Å². The summed E-state index contributed by atoms with van der Waals surface area (Å²) >= 11 is 0. The van der Waals surface area contributed by atoms with Crippen LogP contribution in [0.15, 0.2) is 4.79 Å². The molecule has 20 heavy (non-hydrogen) atoms. The first-order valence-corrected chi connectivity index (χ1v) is 6.83. The van der Waals surface area contributed by atoms with Crippen LogP contribution < -0.4 is 10.6 Å². The van der Waals surface area contributed by atoms with Crippen molar-refractivity contribution < 1.29 is 4.74 Å². The molecule has 2 aromatic rings. The number of tetrazole rings is 1. The lowest BCUT2D eigenvalue weighted by molar-refractivity contribution is 0.122. The summed E-state index contributed by atoms with van der Waals surface area (Å²) in [6.45, 7) is 5.41. The summed E-state index contributed by atoms with van der Waals surface area (Å²) in [4.78, 5) is 22.3. The molecule has 1 aliphatic rings. The highest BCUT2D eigenvalue weighted by Crippen LogP contribution is 2.08. The standard InChI is InChI=1S/C11H17N7O2/c1-2-3-4-17-10-12-9(16-5-7-20-8-6-16)13-11(19)18(10)15-14-17/h2-8H2,1H3. The molecule has 1 aliphatic heterocycles. The van der Waals surface area contributed by atoms with Crippen LogP contribution in [0.25, 0.3) is 5.78 Å². The number of ether oxygens (including phenoxy) is 1. The highest BCUT2D eigenvalue weighted by molar-refractivity contribution is 5.37. The van der Waals surface area contributed by atoms with E-state index in [4.69, 9.17) is 4.74 Å². The first-order valence-electron chi connectivity index (χ1n) is 6.83. The topological polar surface area (TPSA) is 90.4 Å². The molecular weight excluding hydrogens is 262 g/mol. The van der Waals surface area contributed by atoms with Crippen LogP contribution in [-0.2, 0) is 11.3 Å². The van der Waals surface area contributed by atoms with Gasteiger partial charge in [-0.2, -0.15) is 9.97 Å². The molecule has 9 nitrogen and oxygen atoms in total. The molecule has 0 bridgehead atoms. The fraction of sp³-hybridized carbons (Fsp3) is 0.727. The van der Waals surface area contributed by atoms with Gasteiger partial charge in [0, 0.05) is 19.6 Å². The van der Waals surface area contributed by atoms with Crippen molar-refractivity contribution in [3.63, 3.8) is 0 Å². The van der Waals surface area contributed by atoms with Gasteiger partial charge in [-0.3, -0.25) is 0 Å². The maximum Gasteiger partial charge on any atom is 0.376 e. The second-order valence-electron chi connectivity index (χ2n) is 4.67. The Hall–Kier alpha value is -2.03. The molecule has 0 amide bonds. The van der Waals surface area contributed by atoms with Gasteiger partial charge in [-0.25, -0.2) is 9.48 Å². The monoisotopic (exact) mass is 279 g/mol. The van der Waals surface area contributed by atoms with E-state index in [1.165, 1.54) is 0 Å². The SMILES string of the molecule is CCCCn1nnn2c(=O)nc(N3CCOCC3)nc12. The zero-order valence-electron chi connectivity index (χ0n) is 11.4. The molecule has 9 heteroatoms. The van der Waals surface area contributed by atoms with Crippen LogP contribution in [0.3, 0.4) is 0 Å². The lowest BCUT2D eigenvalue weighted by atomic mass is 10.3. The van der Waals surface area contributed by atoms with E-state index in [1.54, 1.807) is 4.68 Å². The number of morpholine rings is 1. The van der Waals surface area contributed by atoms with E-state index in [0.29, 0.717) is 44.6 Å². The lowest BCUT2D eigenvalue weighted by Crippen LogP contribution is -2.39. The molecule has 0 aliphatic carbocycles. The zero-order valence-corrected chi connectivity index (χ0v) is 11.4. The number of aryl methyl sites for hydroxylation is 1. The van der Waals surface area contributed by atoms with Gasteiger partial charge < -0.3 is 9.64 Å². The summed E-state index contributed by atoms with van der Waals surface area (Å²) in [6.07, 6.45) is 2.00. The fourth-order valence-electron chi connectivity index (χ4n) is 2.11. The van der Waals surface area contributed by atoms with Gasteiger partial charge in [-0.1, -0.05) is 13.3 Å². The largest absolute Gasteiger partial charge is 0.378 e. The zero-order chi connectivity index (χ0) is 13.9. The lowest BCUT2D eigenvalue weighted by Gasteiger charge is -2.26. The van der Waals surface area contributed by atoms with Gasteiger partial charge in [0.25, 0.3) is 5.78 Å². The number of nitrogens with zero attached hydrogens (tertiary/aromatic N) is 7. The Morgan fingerprint density at radius 1 is 1.20 bits per heavy atom. The second kappa shape index (κ2) is 5.53. The molecular formula is C11H17N7O2. The van der Waals surface area contributed by atoms with Crippen LogP contribution in [0.5, 0.6) is 0 Å². The molecule has 0 radical (unpaired) electrons. The molecule has 2 aromatic heterocycles. The van der Waals surface area contributed by atoms with Crippen LogP contribution in [-0.4, -0.2) is 55.9 Å². The van der Waals surface area contributed by atoms with Gasteiger partial charge in [-0.15, -0.1) is 4.52 Å². The third-order valence-corrected chi connectivity index (χ3v) is 3.25. The normalized spacial score (nSPS) is 15.9. The number of hydrogen-bond acceptors (Lipinski definition) is 7. The van der Waals surface area contributed by atoms with E-state index >= 15 is 0 Å². The van der Waals surface area contributed by atoms with Crippen molar-refractivity contribution >= 4 is 11.7 Å². The average molecular weight is 279 g/mol. The van der Waals surface area contributed by atoms with Gasteiger partial charge in [0.15, 0.2) is 0 Å². The maximum atomic E-state index is 12.0. The van der Waals surface area contributed by atoms with Gasteiger partial charge in [0.1, 0.15) is 0 Å². The minimum Gasteiger partial charge on any atom is -0.378 e. The number of unbranched alkanes of at least 4 members (excludes halogenated alkanes) is 1. The molecule has 0 atom stereocenters. The van der Waals surface area contributed by atoms with E-state index < -0.39 is 5.69 Å². The highest BCUT2D eigenvalue weighted by atomic mass is 16.5. The quantitative estimate of drug-likeness (QED) is 0.732. The van der Waals surface area contributed by atoms with Gasteiger partial charge in [-0.05, 0) is 16.8 Å². The first-order chi connectivity index (χ1) is 9.79. The number of hydrogen-bond donors (Lipinski definition) is 0. The van der Waals surface area contributed by atoms with Crippen molar-refractivity contribution in [3.05, 3.63) is 10.5 Å². The van der Waals surface area contributed by atoms with Crippen molar-refractivity contribution in [2.24, 2.45) is 0 Å². The number of aromatic nitrogens is 6. The summed E-state index contributed by atoms with van der Waals surface area (Å²) in [7, 11) is 0. The van der Waals surface area contributed by atoms with Gasteiger partial charge in [0.2, 0.25) is 5.95 Å². The molecule has 1 fully saturated rings. The van der Waals surface area contributed by atoms with E-state index in [1.807, 2.05) is 4.90 Å². The first kappa shape index (κ1) is 13.0. The molecule has 0 saturated carbocycles. The summed E-state index contributed by atoms with van der Waals surface area (Å²) in [6, 6.07) is 0. The van der Waals surface area contributed by atoms with Crippen LogP contribution in [0.4, 0.5) is 5.95 Å². The molecule has 3 rings (SSSR count). The predicted octanol–water partition coefficient (Wildman–Crippen LogP) is -0.682. The molecule has 3 heterocycles. The Morgan fingerprint density at radius 2 is 2.00 bits per heavy atom. The third-order valence-electron chi connectivity index (χ3n) is 3.25. The smallest absolute Gasteiger partial charge is 0.376 e. The van der Waals surface area contributed by atoms with Crippen molar-refractivity contribution in [1.82, 2.24) is 29.6 Å². The van der Waals surface area contributed by atoms with Crippen LogP contribution in [0.2, 0.25) is 0 Å². The van der Waals surface area contributed by atoms with Crippen LogP contribution in [0, 0.1) is 0 Å². The summed E-state index contributed by atoms with van der Waals surface area (Å²) in [5.41, 5.74) is -0.445. The van der Waals surface area contributed by atoms with E-state index in [9.17, 15) is 4.79 Å². The third kappa shape index (κ3) is 2.36. The minimum atomic E-state index is -0.445. The van der Waals surface area contributed by atoms with Crippen LogP contribution in [0.1, 0.15) is 19.8 Å². The molecule has 0 aromatic carbocycles. The summed E-state index contributed by atoms with van der Waals surface area (Å²) in [5, 5.41) is 7.77. The van der Waals surface area contributed by atoms with Gasteiger partial charge in [0.05, 0.1) is 13.2 Å². The molecule has 0 spiro atoms. The molecule has 1 saturated heterocycles. The van der Waals surface area contributed by atoms with Crippen LogP contribution >= 0.6 is 0 Å². The fourth-order valence-corrected chi connectivity index (χ4v) is 2.11. The Kier molecular flexibility index (Phi) is 3.59. The Balaban J connectivity index is 1.99. The summed E-state index contributed by atoms with van der Waals surface area (Å²) in [5.74, 6) is 0.873. The van der Waals surface area contributed by atoms with Gasteiger partial charge >= 0.3 is 5.69 Å². The average Bonchev–Trinajstić information content (AvgIpc) is 2.89. The van der Waals surface area contributed by atoms with Crippen molar-refractivity contribution in [2.45, 2.75) is 26.3 Å². The van der Waals surface area contributed by atoms with Crippen molar-refractivity contribution in [2.75, 3.05) is 31.2 Å². The Bertz CT molecular complexity index is 644. The van der Waals surface area contributed by atoms with Crippen molar-refractivity contribution in [3.8, 4) is 0 Å². The number of fused-ring (bicyclic) bond motifs is 1. The minimum absolute atomic E-state index is 0.429. The van der Waals surface area contributed by atoms with Crippen molar-refractivity contribution in [1.29, 1.82) is 0 Å². The molecule has 0 N–H and O–H groups in total. The molecule has 0 unspecified atom stereocenters. The van der Waals surface area contributed by atoms with E-state index in [2.05, 4.69) is 27.3 Å². The highest BCUT2D eigenvalue weighted by Gasteiger charge is 2.17. The second-order valence-corrected chi connectivity index (χ2v) is 4.67. The Morgan fingerprint density at radius 3 is 2.75 bits per heavy atom.